The Balaban J connectivity index is 2.50. The second kappa shape index (κ2) is 7.95. The standard InChI is InChI=1S/C16H26N2O/c1-5-10-17-11-14-6-8-15(9-7-14)18-16(19)13(4)12(2)3/h6-9,12-13,17H,5,10-11H2,1-4H3,(H,18,19). The van der Waals surface area contributed by atoms with Crippen molar-refractivity contribution in [2.24, 2.45) is 11.8 Å². The van der Waals surface area contributed by atoms with Crippen LogP contribution in [0.3, 0.4) is 0 Å². The average Bonchev–Trinajstić information content (AvgIpc) is 2.40. The maximum atomic E-state index is 11.9. The number of hydrogen-bond donors (Lipinski definition) is 2. The molecule has 106 valence electrons. The molecule has 3 heteroatoms. The average molecular weight is 262 g/mol. The van der Waals surface area contributed by atoms with Gasteiger partial charge in [-0.15, -0.1) is 0 Å². The third kappa shape index (κ3) is 5.43. The van der Waals surface area contributed by atoms with Crippen LogP contribution in [-0.4, -0.2) is 12.5 Å². The van der Waals surface area contributed by atoms with Gasteiger partial charge in [-0.2, -0.15) is 0 Å². The van der Waals surface area contributed by atoms with Crippen LogP contribution < -0.4 is 10.6 Å². The number of anilines is 1. The molecule has 1 aromatic rings. The van der Waals surface area contributed by atoms with Gasteiger partial charge in [0, 0.05) is 18.2 Å². The van der Waals surface area contributed by atoms with Crippen molar-refractivity contribution in [2.45, 2.75) is 40.7 Å². The van der Waals surface area contributed by atoms with Crippen LogP contribution in [0.1, 0.15) is 39.7 Å². The molecule has 2 N–H and O–H groups in total. The summed E-state index contributed by atoms with van der Waals surface area (Å²) in [5, 5.41) is 6.32. The number of nitrogens with one attached hydrogen (secondary N) is 2. The molecule has 19 heavy (non-hydrogen) atoms. The quantitative estimate of drug-likeness (QED) is 0.739. The first-order valence-electron chi connectivity index (χ1n) is 7.15. The fraction of sp³-hybridized carbons (Fsp3) is 0.562. The Labute approximate surface area is 116 Å². The van der Waals surface area contributed by atoms with E-state index in [0.717, 1.165) is 25.2 Å². The minimum atomic E-state index is 0.0332. The largest absolute Gasteiger partial charge is 0.326 e. The van der Waals surface area contributed by atoms with Crippen molar-refractivity contribution < 1.29 is 4.79 Å². The maximum Gasteiger partial charge on any atom is 0.227 e. The van der Waals surface area contributed by atoms with Crippen LogP contribution in [0.5, 0.6) is 0 Å². The van der Waals surface area contributed by atoms with E-state index in [0.29, 0.717) is 5.92 Å². The molecular weight excluding hydrogens is 236 g/mol. The van der Waals surface area contributed by atoms with Gasteiger partial charge in [-0.05, 0) is 36.6 Å². The molecule has 0 aliphatic carbocycles. The lowest BCUT2D eigenvalue weighted by molar-refractivity contribution is -0.120. The van der Waals surface area contributed by atoms with Crippen molar-refractivity contribution in [1.29, 1.82) is 0 Å². The van der Waals surface area contributed by atoms with Crippen molar-refractivity contribution in [3.63, 3.8) is 0 Å². The molecule has 1 aromatic carbocycles. The van der Waals surface area contributed by atoms with Crippen molar-refractivity contribution >= 4 is 11.6 Å². The SMILES string of the molecule is CCCNCc1ccc(NC(=O)C(C)C(C)C)cc1. The van der Waals surface area contributed by atoms with Crippen LogP contribution in [0.2, 0.25) is 0 Å². The summed E-state index contributed by atoms with van der Waals surface area (Å²) >= 11 is 0. The molecule has 3 nitrogen and oxygen atoms in total. The number of hydrogen-bond acceptors (Lipinski definition) is 2. The predicted molar refractivity (Wildman–Crippen MR) is 81.1 cm³/mol. The second-order valence-electron chi connectivity index (χ2n) is 5.40. The highest BCUT2D eigenvalue weighted by Gasteiger charge is 2.16. The third-order valence-electron chi connectivity index (χ3n) is 3.39. The minimum Gasteiger partial charge on any atom is -0.326 e. The second-order valence-corrected chi connectivity index (χ2v) is 5.40. The highest BCUT2D eigenvalue weighted by Crippen LogP contribution is 2.15. The highest BCUT2D eigenvalue weighted by molar-refractivity contribution is 5.92. The van der Waals surface area contributed by atoms with E-state index in [2.05, 4.69) is 43.5 Å². The molecule has 0 aromatic heterocycles. The minimum absolute atomic E-state index is 0.0332. The van der Waals surface area contributed by atoms with Crippen molar-refractivity contribution in [1.82, 2.24) is 5.32 Å². The highest BCUT2D eigenvalue weighted by atomic mass is 16.1. The van der Waals surface area contributed by atoms with Crippen molar-refractivity contribution in [3.05, 3.63) is 29.8 Å². The van der Waals surface area contributed by atoms with E-state index in [1.807, 2.05) is 19.1 Å². The molecule has 0 bridgehead atoms. The summed E-state index contributed by atoms with van der Waals surface area (Å²) in [5.41, 5.74) is 2.11. The zero-order valence-electron chi connectivity index (χ0n) is 12.5. The van der Waals surface area contributed by atoms with Gasteiger partial charge in [0.1, 0.15) is 0 Å². The molecule has 0 spiro atoms. The molecule has 0 heterocycles. The van der Waals surface area contributed by atoms with Gasteiger partial charge in [-0.3, -0.25) is 4.79 Å². The molecule has 1 rings (SSSR count). The van der Waals surface area contributed by atoms with E-state index in [4.69, 9.17) is 0 Å². The molecular formula is C16H26N2O. The van der Waals surface area contributed by atoms with E-state index in [-0.39, 0.29) is 11.8 Å². The predicted octanol–water partition coefficient (Wildman–Crippen LogP) is 3.42. The Kier molecular flexibility index (Phi) is 6.57. The van der Waals surface area contributed by atoms with Crippen LogP contribution in [0.15, 0.2) is 24.3 Å². The zero-order chi connectivity index (χ0) is 14.3. The monoisotopic (exact) mass is 262 g/mol. The Morgan fingerprint density at radius 3 is 2.32 bits per heavy atom. The van der Waals surface area contributed by atoms with E-state index in [1.165, 1.54) is 5.56 Å². The number of benzene rings is 1. The fourth-order valence-electron chi connectivity index (χ4n) is 1.67. The summed E-state index contributed by atoms with van der Waals surface area (Å²) in [6, 6.07) is 8.04. The van der Waals surface area contributed by atoms with Crippen LogP contribution in [-0.2, 0) is 11.3 Å². The Bertz CT molecular complexity index is 384. The van der Waals surface area contributed by atoms with Crippen LogP contribution in [0.4, 0.5) is 5.69 Å². The summed E-state index contributed by atoms with van der Waals surface area (Å²) in [6.45, 7) is 10.2. The number of carbonyl (C=O) groups excluding carboxylic acids is 1. The molecule has 0 saturated heterocycles. The summed E-state index contributed by atoms with van der Waals surface area (Å²) in [7, 11) is 0. The topological polar surface area (TPSA) is 41.1 Å². The van der Waals surface area contributed by atoms with Gasteiger partial charge >= 0.3 is 0 Å². The lowest BCUT2D eigenvalue weighted by atomic mass is 9.97. The van der Waals surface area contributed by atoms with E-state index in [9.17, 15) is 4.79 Å². The molecule has 1 amide bonds. The number of rotatable bonds is 7. The Hall–Kier alpha value is -1.35. The normalized spacial score (nSPS) is 12.5. The fourth-order valence-corrected chi connectivity index (χ4v) is 1.67. The van der Waals surface area contributed by atoms with Crippen LogP contribution in [0, 0.1) is 11.8 Å². The molecule has 1 atom stereocenters. The van der Waals surface area contributed by atoms with E-state index in [1.54, 1.807) is 0 Å². The van der Waals surface area contributed by atoms with Gasteiger partial charge in [0.25, 0.3) is 0 Å². The van der Waals surface area contributed by atoms with Crippen LogP contribution in [0.25, 0.3) is 0 Å². The molecule has 0 fully saturated rings. The first-order valence-corrected chi connectivity index (χ1v) is 7.15. The first-order chi connectivity index (χ1) is 9.04. The lowest BCUT2D eigenvalue weighted by Crippen LogP contribution is -2.24. The van der Waals surface area contributed by atoms with Gasteiger partial charge in [0.05, 0.1) is 0 Å². The molecule has 0 radical (unpaired) electrons. The Morgan fingerprint density at radius 1 is 1.16 bits per heavy atom. The van der Waals surface area contributed by atoms with Crippen LogP contribution >= 0.6 is 0 Å². The Morgan fingerprint density at radius 2 is 1.79 bits per heavy atom. The van der Waals surface area contributed by atoms with Gasteiger partial charge in [0.2, 0.25) is 5.91 Å². The molecule has 1 unspecified atom stereocenters. The number of carbonyl (C=O) groups is 1. The van der Waals surface area contributed by atoms with Crippen molar-refractivity contribution in [3.8, 4) is 0 Å². The van der Waals surface area contributed by atoms with E-state index >= 15 is 0 Å². The summed E-state index contributed by atoms with van der Waals surface area (Å²) < 4.78 is 0. The van der Waals surface area contributed by atoms with Gasteiger partial charge in [0.15, 0.2) is 0 Å². The smallest absolute Gasteiger partial charge is 0.227 e. The third-order valence-corrected chi connectivity index (χ3v) is 3.39. The number of amides is 1. The summed E-state index contributed by atoms with van der Waals surface area (Å²) in [6.07, 6.45) is 1.14. The van der Waals surface area contributed by atoms with Gasteiger partial charge < -0.3 is 10.6 Å². The summed E-state index contributed by atoms with van der Waals surface area (Å²) in [5.74, 6) is 0.482. The summed E-state index contributed by atoms with van der Waals surface area (Å²) in [4.78, 5) is 11.9. The maximum absolute atomic E-state index is 11.9. The van der Waals surface area contributed by atoms with Gasteiger partial charge in [-0.1, -0.05) is 39.8 Å². The molecule has 0 aliphatic rings. The molecule has 0 aliphatic heterocycles. The van der Waals surface area contributed by atoms with E-state index < -0.39 is 0 Å². The molecule has 0 saturated carbocycles. The zero-order valence-corrected chi connectivity index (χ0v) is 12.5. The lowest BCUT2D eigenvalue weighted by Gasteiger charge is -2.15. The first kappa shape index (κ1) is 15.7. The van der Waals surface area contributed by atoms with Gasteiger partial charge in [-0.25, -0.2) is 0 Å². The van der Waals surface area contributed by atoms with Crippen molar-refractivity contribution in [2.75, 3.05) is 11.9 Å².